The third-order valence-corrected chi connectivity index (χ3v) is 3.24. The number of aryl methyl sites for hydroxylation is 1. The lowest BCUT2D eigenvalue weighted by Crippen LogP contribution is -2.30. The fourth-order valence-electron chi connectivity index (χ4n) is 2.20. The third-order valence-electron chi connectivity index (χ3n) is 3.24. The summed E-state index contributed by atoms with van der Waals surface area (Å²) in [5, 5.41) is 8.26. The number of benzene rings is 2. The van der Waals surface area contributed by atoms with Crippen molar-refractivity contribution in [2.45, 2.75) is 20.3 Å². The smallest absolute Gasteiger partial charge is 0.319 e. The molecule has 0 aliphatic heterocycles. The second-order valence-corrected chi connectivity index (χ2v) is 5.38. The lowest BCUT2D eigenvalue weighted by molar-refractivity contribution is -0.114. The van der Waals surface area contributed by atoms with Crippen LogP contribution in [0, 0.1) is 6.92 Å². The molecule has 0 fully saturated rings. The second-order valence-electron chi connectivity index (χ2n) is 5.38. The largest absolute Gasteiger partial charge is 0.338 e. The number of nitrogens with one attached hydrogen (secondary N) is 3. The van der Waals surface area contributed by atoms with Gasteiger partial charge in [-0.1, -0.05) is 29.8 Å². The van der Waals surface area contributed by atoms with E-state index < -0.39 is 0 Å². The van der Waals surface area contributed by atoms with Gasteiger partial charge in [0, 0.05) is 24.8 Å². The van der Waals surface area contributed by atoms with Gasteiger partial charge in [-0.2, -0.15) is 0 Å². The summed E-state index contributed by atoms with van der Waals surface area (Å²) >= 11 is 0. The molecule has 120 valence electrons. The van der Waals surface area contributed by atoms with Gasteiger partial charge in [-0.25, -0.2) is 4.79 Å². The minimum atomic E-state index is -0.245. The summed E-state index contributed by atoms with van der Waals surface area (Å²) in [6.45, 7) is 4.07. The van der Waals surface area contributed by atoms with Crippen LogP contribution >= 0.6 is 0 Å². The third kappa shape index (κ3) is 5.82. The van der Waals surface area contributed by atoms with Crippen LogP contribution in [0.1, 0.15) is 18.1 Å². The summed E-state index contributed by atoms with van der Waals surface area (Å²) in [4.78, 5) is 22.8. The molecule has 0 aliphatic carbocycles. The summed E-state index contributed by atoms with van der Waals surface area (Å²) < 4.78 is 0. The molecular formula is C18H21N3O2. The zero-order chi connectivity index (χ0) is 16.7. The Labute approximate surface area is 136 Å². The number of rotatable bonds is 5. The van der Waals surface area contributed by atoms with Crippen LogP contribution in [-0.4, -0.2) is 18.5 Å². The molecular weight excluding hydrogens is 290 g/mol. The predicted molar refractivity (Wildman–Crippen MR) is 92.7 cm³/mol. The maximum Gasteiger partial charge on any atom is 0.319 e. The standard InChI is InChI=1S/C18H21N3O2/c1-13-4-3-5-15(12-13)10-11-19-18(23)21-17-8-6-16(7-9-17)20-14(2)22/h3-9,12H,10-11H2,1-2H3,(H,20,22)(H2,19,21,23). The van der Waals surface area contributed by atoms with Crippen molar-refractivity contribution in [1.82, 2.24) is 5.32 Å². The van der Waals surface area contributed by atoms with Crippen molar-refractivity contribution in [1.29, 1.82) is 0 Å². The molecule has 2 rings (SSSR count). The highest BCUT2D eigenvalue weighted by Gasteiger charge is 2.02. The molecule has 5 heteroatoms. The molecule has 0 spiro atoms. The molecule has 0 saturated heterocycles. The average molecular weight is 311 g/mol. The Bertz CT molecular complexity index is 681. The summed E-state index contributed by atoms with van der Waals surface area (Å²) in [5.74, 6) is -0.125. The summed E-state index contributed by atoms with van der Waals surface area (Å²) in [6.07, 6.45) is 0.788. The van der Waals surface area contributed by atoms with Gasteiger partial charge in [0.2, 0.25) is 5.91 Å². The number of carbonyl (C=O) groups is 2. The van der Waals surface area contributed by atoms with Gasteiger partial charge in [0.1, 0.15) is 0 Å². The molecule has 0 unspecified atom stereocenters. The summed E-state index contributed by atoms with van der Waals surface area (Å²) in [5.41, 5.74) is 3.78. The van der Waals surface area contributed by atoms with Crippen LogP contribution in [0.25, 0.3) is 0 Å². The first kappa shape index (κ1) is 16.5. The molecule has 2 aromatic rings. The average Bonchev–Trinajstić information content (AvgIpc) is 2.49. The van der Waals surface area contributed by atoms with E-state index in [0.29, 0.717) is 17.9 Å². The van der Waals surface area contributed by atoms with Gasteiger partial charge in [-0.05, 0) is 43.2 Å². The molecule has 23 heavy (non-hydrogen) atoms. The molecule has 0 radical (unpaired) electrons. The van der Waals surface area contributed by atoms with Gasteiger partial charge < -0.3 is 16.0 Å². The predicted octanol–water partition coefficient (Wildman–Crippen LogP) is 3.32. The van der Waals surface area contributed by atoms with Crippen LogP contribution < -0.4 is 16.0 Å². The van der Waals surface area contributed by atoms with E-state index in [1.54, 1.807) is 24.3 Å². The van der Waals surface area contributed by atoms with Crippen molar-refractivity contribution in [3.63, 3.8) is 0 Å². The van der Waals surface area contributed by atoms with Crippen molar-refractivity contribution in [3.05, 3.63) is 59.7 Å². The SMILES string of the molecule is CC(=O)Nc1ccc(NC(=O)NCCc2cccc(C)c2)cc1. The molecule has 0 aromatic heterocycles. The zero-order valence-corrected chi connectivity index (χ0v) is 13.3. The first-order valence-corrected chi connectivity index (χ1v) is 7.51. The maximum atomic E-state index is 11.8. The number of hydrogen-bond acceptors (Lipinski definition) is 2. The summed E-state index contributed by atoms with van der Waals surface area (Å²) in [6, 6.07) is 14.9. The van der Waals surface area contributed by atoms with Gasteiger partial charge >= 0.3 is 6.03 Å². The first-order valence-electron chi connectivity index (χ1n) is 7.51. The van der Waals surface area contributed by atoms with Gasteiger partial charge in [0.15, 0.2) is 0 Å². The summed E-state index contributed by atoms with van der Waals surface area (Å²) in [7, 11) is 0. The number of amides is 3. The van der Waals surface area contributed by atoms with Gasteiger partial charge in [-0.15, -0.1) is 0 Å². The van der Waals surface area contributed by atoms with E-state index in [1.807, 2.05) is 25.1 Å². The lowest BCUT2D eigenvalue weighted by Gasteiger charge is -2.09. The van der Waals surface area contributed by atoms with Crippen LogP contribution in [0.2, 0.25) is 0 Å². The Morgan fingerprint density at radius 2 is 1.61 bits per heavy atom. The van der Waals surface area contributed by atoms with Crippen molar-refractivity contribution in [2.75, 3.05) is 17.2 Å². The van der Waals surface area contributed by atoms with E-state index in [4.69, 9.17) is 0 Å². The number of hydrogen-bond donors (Lipinski definition) is 3. The topological polar surface area (TPSA) is 70.2 Å². The van der Waals surface area contributed by atoms with Crippen LogP contribution in [0.3, 0.4) is 0 Å². The lowest BCUT2D eigenvalue weighted by atomic mass is 10.1. The highest BCUT2D eigenvalue weighted by atomic mass is 16.2. The van der Waals surface area contributed by atoms with Crippen LogP contribution in [0.5, 0.6) is 0 Å². The van der Waals surface area contributed by atoms with Gasteiger partial charge in [0.05, 0.1) is 0 Å². The fraction of sp³-hybridized carbons (Fsp3) is 0.222. The Hall–Kier alpha value is -2.82. The van der Waals surface area contributed by atoms with Crippen LogP contribution in [-0.2, 0) is 11.2 Å². The van der Waals surface area contributed by atoms with E-state index in [9.17, 15) is 9.59 Å². The molecule has 0 saturated carbocycles. The van der Waals surface area contributed by atoms with E-state index in [1.165, 1.54) is 18.1 Å². The second kappa shape index (κ2) is 7.98. The number of carbonyl (C=O) groups excluding carboxylic acids is 2. The monoisotopic (exact) mass is 311 g/mol. The van der Waals surface area contributed by atoms with Crippen LogP contribution in [0.15, 0.2) is 48.5 Å². The Balaban J connectivity index is 1.77. The van der Waals surface area contributed by atoms with E-state index in [2.05, 4.69) is 22.0 Å². The van der Waals surface area contributed by atoms with E-state index in [-0.39, 0.29) is 11.9 Å². The minimum absolute atomic E-state index is 0.125. The zero-order valence-electron chi connectivity index (χ0n) is 13.3. The van der Waals surface area contributed by atoms with Crippen LogP contribution in [0.4, 0.5) is 16.2 Å². The normalized spacial score (nSPS) is 10.0. The molecule has 3 N–H and O–H groups in total. The highest BCUT2D eigenvalue weighted by Crippen LogP contribution is 2.13. The van der Waals surface area contributed by atoms with E-state index in [0.717, 1.165) is 6.42 Å². The molecule has 3 amide bonds. The van der Waals surface area contributed by atoms with Gasteiger partial charge in [0.25, 0.3) is 0 Å². The Morgan fingerprint density at radius 3 is 2.22 bits per heavy atom. The van der Waals surface area contributed by atoms with Gasteiger partial charge in [-0.3, -0.25) is 4.79 Å². The number of urea groups is 1. The van der Waals surface area contributed by atoms with Crippen molar-refractivity contribution < 1.29 is 9.59 Å². The number of anilines is 2. The molecule has 0 atom stereocenters. The van der Waals surface area contributed by atoms with E-state index >= 15 is 0 Å². The molecule has 0 heterocycles. The molecule has 0 aliphatic rings. The fourth-order valence-corrected chi connectivity index (χ4v) is 2.20. The Morgan fingerprint density at radius 1 is 0.957 bits per heavy atom. The molecule has 5 nitrogen and oxygen atoms in total. The maximum absolute atomic E-state index is 11.8. The quantitative estimate of drug-likeness (QED) is 0.793. The molecule has 2 aromatic carbocycles. The Kier molecular flexibility index (Phi) is 5.74. The first-order chi connectivity index (χ1) is 11.0. The molecule has 0 bridgehead atoms. The minimum Gasteiger partial charge on any atom is -0.338 e. The van der Waals surface area contributed by atoms with Crippen molar-refractivity contribution in [2.24, 2.45) is 0 Å². The highest BCUT2D eigenvalue weighted by molar-refractivity contribution is 5.91. The van der Waals surface area contributed by atoms with Crippen molar-refractivity contribution >= 4 is 23.3 Å². The van der Waals surface area contributed by atoms with Crippen molar-refractivity contribution in [3.8, 4) is 0 Å².